The summed E-state index contributed by atoms with van der Waals surface area (Å²) in [6, 6.07) is 14.2. The van der Waals surface area contributed by atoms with Gasteiger partial charge in [0.15, 0.2) is 0 Å². The van der Waals surface area contributed by atoms with Gasteiger partial charge < -0.3 is 10.2 Å². The van der Waals surface area contributed by atoms with Crippen molar-refractivity contribution in [2.75, 3.05) is 22.0 Å². The van der Waals surface area contributed by atoms with E-state index in [1.165, 1.54) is 21.7 Å². The second kappa shape index (κ2) is 9.11. The monoisotopic (exact) mass is 449 g/mol. The second-order valence-corrected chi connectivity index (χ2v) is 8.28. The third-order valence-electron chi connectivity index (χ3n) is 5.15. The molecule has 4 rings (SSSR count). The minimum atomic E-state index is -0.634. The minimum Gasteiger partial charge on any atom is -0.324 e. The molecule has 10 heteroatoms. The Balaban J connectivity index is 1.44. The zero-order valence-electron chi connectivity index (χ0n) is 16.9. The number of thioether (sulfide) groups is 1. The van der Waals surface area contributed by atoms with Crippen LogP contribution in [0.5, 0.6) is 0 Å². The first kappa shape index (κ1) is 21.4. The van der Waals surface area contributed by atoms with Crippen molar-refractivity contribution in [1.82, 2.24) is 10.3 Å². The molecule has 2 aromatic rings. The maximum atomic E-state index is 13.0. The number of nitriles is 1. The SMILES string of the molecule is N#Cc1ccc(NC(=O)C2CSCN2C(=O)c2ccc(N3NC(=O)CCC3=O)cc2)cc1. The maximum Gasteiger partial charge on any atom is 0.255 e. The minimum absolute atomic E-state index is 0.132. The molecule has 0 spiro atoms. The van der Waals surface area contributed by atoms with Crippen LogP contribution in [0, 0.1) is 11.3 Å². The molecule has 0 bridgehead atoms. The molecule has 2 saturated heterocycles. The highest BCUT2D eigenvalue weighted by Crippen LogP contribution is 2.26. The lowest BCUT2D eigenvalue weighted by atomic mass is 10.1. The molecule has 162 valence electrons. The molecule has 0 radical (unpaired) electrons. The zero-order valence-corrected chi connectivity index (χ0v) is 17.7. The highest BCUT2D eigenvalue weighted by atomic mass is 32.2. The van der Waals surface area contributed by atoms with Crippen molar-refractivity contribution in [3.05, 3.63) is 59.7 Å². The summed E-state index contributed by atoms with van der Waals surface area (Å²) < 4.78 is 0. The van der Waals surface area contributed by atoms with E-state index in [0.717, 1.165) is 0 Å². The van der Waals surface area contributed by atoms with Crippen LogP contribution >= 0.6 is 11.8 Å². The number of hydrazine groups is 1. The van der Waals surface area contributed by atoms with Gasteiger partial charge in [-0.05, 0) is 48.5 Å². The van der Waals surface area contributed by atoms with Crippen molar-refractivity contribution >= 4 is 46.8 Å². The lowest BCUT2D eigenvalue weighted by Crippen LogP contribution is -2.50. The van der Waals surface area contributed by atoms with E-state index >= 15 is 0 Å². The molecule has 2 aliphatic rings. The molecule has 2 fully saturated rings. The van der Waals surface area contributed by atoms with Crippen molar-refractivity contribution < 1.29 is 19.2 Å². The summed E-state index contributed by atoms with van der Waals surface area (Å²) in [6.45, 7) is 0. The van der Waals surface area contributed by atoms with Gasteiger partial charge in [-0.25, -0.2) is 5.01 Å². The molecule has 2 aromatic carbocycles. The predicted octanol–water partition coefficient (Wildman–Crippen LogP) is 1.87. The number of hydrogen-bond acceptors (Lipinski definition) is 6. The summed E-state index contributed by atoms with van der Waals surface area (Å²) in [5.41, 5.74) is 4.40. The largest absolute Gasteiger partial charge is 0.324 e. The average molecular weight is 449 g/mol. The van der Waals surface area contributed by atoms with Crippen LogP contribution in [0.15, 0.2) is 48.5 Å². The van der Waals surface area contributed by atoms with Crippen molar-refractivity contribution in [2.45, 2.75) is 18.9 Å². The van der Waals surface area contributed by atoms with Crippen LogP contribution in [0.2, 0.25) is 0 Å². The fourth-order valence-corrected chi connectivity index (χ4v) is 4.57. The van der Waals surface area contributed by atoms with E-state index in [2.05, 4.69) is 10.7 Å². The molecule has 2 N–H and O–H groups in total. The van der Waals surface area contributed by atoms with Crippen LogP contribution in [0.3, 0.4) is 0 Å². The Morgan fingerprint density at radius 3 is 2.47 bits per heavy atom. The van der Waals surface area contributed by atoms with E-state index in [4.69, 9.17) is 5.26 Å². The number of carbonyl (C=O) groups is 4. The van der Waals surface area contributed by atoms with E-state index in [1.54, 1.807) is 48.5 Å². The molecule has 0 saturated carbocycles. The van der Waals surface area contributed by atoms with Gasteiger partial charge in [0.2, 0.25) is 17.7 Å². The summed E-state index contributed by atoms with van der Waals surface area (Å²) in [5.74, 6) is -0.205. The summed E-state index contributed by atoms with van der Waals surface area (Å²) in [7, 11) is 0. The number of nitrogens with one attached hydrogen (secondary N) is 2. The van der Waals surface area contributed by atoms with Gasteiger partial charge in [0.1, 0.15) is 6.04 Å². The van der Waals surface area contributed by atoms with Gasteiger partial charge in [-0.3, -0.25) is 24.6 Å². The quantitative estimate of drug-likeness (QED) is 0.735. The first-order valence-electron chi connectivity index (χ1n) is 9.88. The van der Waals surface area contributed by atoms with Crippen LogP contribution < -0.4 is 15.8 Å². The number of carbonyl (C=O) groups excluding carboxylic acids is 4. The average Bonchev–Trinajstić information content (AvgIpc) is 3.31. The van der Waals surface area contributed by atoms with Gasteiger partial charge in [0.05, 0.1) is 23.2 Å². The smallest absolute Gasteiger partial charge is 0.255 e. The predicted molar refractivity (Wildman–Crippen MR) is 118 cm³/mol. The van der Waals surface area contributed by atoms with Crippen molar-refractivity contribution in [2.24, 2.45) is 0 Å². The Morgan fingerprint density at radius 2 is 1.78 bits per heavy atom. The molecular formula is C22H19N5O4S. The van der Waals surface area contributed by atoms with Gasteiger partial charge in [-0.2, -0.15) is 5.26 Å². The maximum absolute atomic E-state index is 13.0. The molecule has 9 nitrogen and oxygen atoms in total. The van der Waals surface area contributed by atoms with E-state index in [1.807, 2.05) is 6.07 Å². The topological polar surface area (TPSA) is 123 Å². The van der Waals surface area contributed by atoms with Gasteiger partial charge in [-0.15, -0.1) is 11.8 Å². The second-order valence-electron chi connectivity index (χ2n) is 7.28. The van der Waals surface area contributed by atoms with Crippen molar-refractivity contribution in [3.63, 3.8) is 0 Å². The zero-order chi connectivity index (χ0) is 22.7. The van der Waals surface area contributed by atoms with Crippen LogP contribution in [0.25, 0.3) is 0 Å². The summed E-state index contributed by atoms with van der Waals surface area (Å²) in [5, 5.41) is 12.9. The summed E-state index contributed by atoms with van der Waals surface area (Å²) >= 11 is 1.49. The number of amides is 4. The fourth-order valence-electron chi connectivity index (χ4n) is 3.42. The van der Waals surface area contributed by atoms with Gasteiger partial charge in [0, 0.05) is 29.8 Å². The fraction of sp³-hybridized carbons (Fsp3) is 0.227. The van der Waals surface area contributed by atoms with Crippen molar-refractivity contribution in [1.29, 1.82) is 5.26 Å². The first-order valence-corrected chi connectivity index (χ1v) is 11.0. The van der Waals surface area contributed by atoms with E-state index < -0.39 is 6.04 Å². The Hall–Kier alpha value is -3.84. The van der Waals surface area contributed by atoms with Crippen LogP contribution in [-0.2, 0) is 14.4 Å². The molecular weight excluding hydrogens is 430 g/mol. The Kier molecular flexibility index (Phi) is 6.09. The Bertz CT molecular complexity index is 1110. The normalized spacial score (nSPS) is 18.2. The highest BCUT2D eigenvalue weighted by Gasteiger charge is 2.35. The first-order chi connectivity index (χ1) is 15.5. The van der Waals surface area contributed by atoms with E-state index in [-0.39, 0.29) is 36.5 Å². The van der Waals surface area contributed by atoms with E-state index in [9.17, 15) is 19.2 Å². The third kappa shape index (κ3) is 4.43. The van der Waals surface area contributed by atoms with Crippen LogP contribution in [0.1, 0.15) is 28.8 Å². The van der Waals surface area contributed by atoms with Gasteiger partial charge in [0.25, 0.3) is 5.91 Å². The van der Waals surface area contributed by atoms with Gasteiger partial charge >= 0.3 is 0 Å². The van der Waals surface area contributed by atoms with E-state index in [0.29, 0.717) is 34.1 Å². The molecule has 1 unspecified atom stereocenters. The lowest BCUT2D eigenvalue weighted by Gasteiger charge is -2.27. The Labute approximate surface area is 188 Å². The van der Waals surface area contributed by atoms with Crippen LogP contribution in [-0.4, -0.2) is 46.2 Å². The summed E-state index contributed by atoms with van der Waals surface area (Å²) in [6.07, 6.45) is 0.290. The molecule has 0 aromatic heterocycles. The molecule has 1 atom stereocenters. The molecule has 4 amide bonds. The number of nitrogens with zero attached hydrogens (tertiary/aromatic N) is 3. The standard InChI is InChI=1S/C22H19N5O4S/c23-11-14-1-5-16(6-2-14)24-21(30)18-12-32-13-26(18)22(31)15-3-7-17(8-4-15)27-20(29)10-9-19(28)25-27/h1-8,18H,9-10,12-13H2,(H,24,30)(H,25,28). The lowest BCUT2D eigenvalue weighted by molar-refractivity contribution is -0.130. The Morgan fingerprint density at radius 1 is 1.06 bits per heavy atom. The van der Waals surface area contributed by atoms with Crippen LogP contribution in [0.4, 0.5) is 11.4 Å². The number of benzene rings is 2. The molecule has 2 heterocycles. The number of anilines is 2. The molecule has 0 aliphatic carbocycles. The van der Waals surface area contributed by atoms with Crippen molar-refractivity contribution in [3.8, 4) is 6.07 Å². The molecule has 32 heavy (non-hydrogen) atoms. The summed E-state index contributed by atoms with van der Waals surface area (Å²) in [4.78, 5) is 51.0. The molecule has 2 aliphatic heterocycles. The number of hydrogen-bond donors (Lipinski definition) is 2. The van der Waals surface area contributed by atoms with Gasteiger partial charge in [-0.1, -0.05) is 0 Å². The highest BCUT2D eigenvalue weighted by molar-refractivity contribution is 7.99. The number of rotatable bonds is 4. The third-order valence-corrected chi connectivity index (χ3v) is 6.16.